The molecule has 0 spiro atoms. The molecule has 0 radical (unpaired) electrons. The molecule has 1 aromatic rings. The van der Waals surface area contributed by atoms with E-state index in [1.54, 1.807) is 19.1 Å². The molecule has 1 atom stereocenters. The maximum atomic E-state index is 11.3. The normalized spacial score (nSPS) is 12.9. The monoisotopic (exact) mass is 310 g/mol. The van der Waals surface area contributed by atoms with E-state index in [1.165, 1.54) is 0 Å². The van der Waals surface area contributed by atoms with Gasteiger partial charge in [0.25, 0.3) is 0 Å². The molecule has 1 aromatic carbocycles. The highest BCUT2D eigenvalue weighted by Gasteiger charge is 2.37. The van der Waals surface area contributed by atoms with Gasteiger partial charge in [-0.05, 0) is 19.4 Å². The summed E-state index contributed by atoms with van der Waals surface area (Å²) in [5, 5.41) is 0. The third-order valence-electron chi connectivity index (χ3n) is 2.15. The Morgan fingerprint density at radius 1 is 1.28 bits per heavy atom. The van der Waals surface area contributed by atoms with Crippen molar-refractivity contribution in [2.24, 2.45) is 0 Å². The molecule has 18 heavy (non-hydrogen) atoms. The molecule has 0 fully saturated rings. The van der Waals surface area contributed by atoms with Crippen LogP contribution in [0, 0.1) is 6.92 Å². The first-order valence-corrected chi connectivity index (χ1v) is 6.44. The van der Waals surface area contributed by atoms with Gasteiger partial charge in [0, 0.05) is 0 Å². The molecule has 1 unspecified atom stereocenters. The number of aryl methyl sites for hydroxylation is 1. The second-order valence-corrected chi connectivity index (χ2v) is 6.00. The van der Waals surface area contributed by atoms with Crippen LogP contribution in [0.25, 0.3) is 0 Å². The first-order valence-electron chi connectivity index (χ1n) is 5.31. The number of carbonyl (C=O) groups excluding carboxylic acids is 1. The summed E-state index contributed by atoms with van der Waals surface area (Å²) >= 11 is 17.4. The van der Waals surface area contributed by atoms with E-state index in [-0.39, 0.29) is 6.61 Å². The van der Waals surface area contributed by atoms with Crippen LogP contribution in [-0.2, 0) is 9.47 Å². The molecule has 0 aliphatic rings. The molecule has 0 aromatic heterocycles. The first-order chi connectivity index (χ1) is 8.34. The molecule has 1 rings (SSSR count). The van der Waals surface area contributed by atoms with Crippen molar-refractivity contribution in [2.75, 3.05) is 6.61 Å². The van der Waals surface area contributed by atoms with E-state index in [0.717, 1.165) is 5.56 Å². The number of alkyl halides is 3. The minimum atomic E-state index is -1.76. The van der Waals surface area contributed by atoms with Gasteiger partial charge in [-0.2, -0.15) is 0 Å². The van der Waals surface area contributed by atoms with Crippen LogP contribution in [0.15, 0.2) is 24.3 Å². The number of ether oxygens (including phenoxy) is 2. The van der Waals surface area contributed by atoms with Crippen LogP contribution in [0.3, 0.4) is 0 Å². The standard InChI is InChI=1S/C12H13Cl3O3/c1-3-17-11(16)18-10(12(13,14)15)9-6-4-8(2)5-7-9/h4-7,10H,3H2,1-2H3. The van der Waals surface area contributed by atoms with Crippen LogP contribution in [0.1, 0.15) is 24.2 Å². The maximum absolute atomic E-state index is 11.3. The van der Waals surface area contributed by atoms with E-state index < -0.39 is 16.1 Å². The number of rotatable bonds is 3. The van der Waals surface area contributed by atoms with Crippen molar-refractivity contribution in [2.45, 2.75) is 23.7 Å². The second-order valence-electron chi connectivity index (χ2n) is 3.63. The quantitative estimate of drug-likeness (QED) is 0.605. The van der Waals surface area contributed by atoms with E-state index in [9.17, 15) is 4.79 Å². The van der Waals surface area contributed by atoms with Gasteiger partial charge >= 0.3 is 6.16 Å². The Balaban J connectivity index is 2.92. The van der Waals surface area contributed by atoms with Gasteiger partial charge in [-0.15, -0.1) is 0 Å². The summed E-state index contributed by atoms with van der Waals surface area (Å²) in [6.07, 6.45) is -1.88. The fourth-order valence-corrected chi connectivity index (χ4v) is 1.82. The van der Waals surface area contributed by atoms with E-state index in [4.69, 9.17) is 39.5 Å². The van der Waals surface area contributed by atoms with Crippen molar-refractivity contribution in [3.05, 3.63) is 35.4 Å². The predicted molar refractivity (Wildman–Crippen MR) is 72.3 cm³/mol. The van der Waals surface area contributed by atoms with Gasteiger partial charge in [0.2, 0.25) is 3.79 Å². The molecule has 0 bridgehead atoms. The van der Waals surface area contributed by atoms with Crippen LogP contribution < -0.4 is 0 Å². The van der Waals surface area contributed by atoms with Gasteiger partial charge in [0.05, 0.1) is 6.61 Å². The van der Waals surface area contributed by atoms with E-state index >= 15 is 0 Å². The lowest BCUT2D eigenvalue weighted by Crippen LogP contribution is -2.24. The summed E-state index contributed by atoms with van der Waals surface area (Å²) in [6.45, 7) is 3.79. The lowest BCUT2D eigenvalue weighted by Gasteiger charge is -2.24. The van der Waals surface area contributed by atoms with Crippen molar-refractivity contribution in [3.8, 4) is 0 Å². The highest BCUT2D eigenvalue weighted by Crippen LogP contribution is 2.42. The average molecular weight is 312 g/mol. The molecule has 0 heterocycles. The van der Waals surface area contributed by atoms with Crippen molar-refractivity contribution in [1.29, 1.82) is 0 Å². The summed E-state index contributed by atoms with van der Waals surface area (Å²) in [7, 11) is 0. The Morgan fingerprint density at radius 2 is 1.83 bits per heavy atom. The molecule has 3 nitrogen and oxygen atoms in total. The molecule has 6 heteroatoms. The highest BCUT2D eigenvalue weighted by molar-refractivity contribution is 6.68. The third-order valence-corrected chi connectivity index (χ3v) is 2.75. The molecule has 0 aliphatic heterocycles. The van der Waals surface area contributed by atoms with Crippen LogP contribution in [0.2, 0.25) is 0 Å². The molecule has 0 saturated carbocycles. The predicted octanol–water partition coefficient (Wildman–Crippen LogP) is 4.58. The zero-order chi connectivity index (χ0) is 13.8. The third kappa shape index (κ3) is 4.56. The fraction of sp³-hybridized carbons (Fsp3) is 0.417. The molecule has 0 amide bonds. The number of benzene rings is 1. The number of halogens is 3. The SMILES string of the molecule is CCOC(=O)OC(c1ccc(C)cc1)C(Cl)(Cl)Cl. The smallest absolute Gasteiger partial charge is 0.435 e. The van der Waals surface area contributed by atoms with Crippen LogP contribution in [-0.4, -0.2) is 16.6 Å². The molecule has 0 aliphatic carbocycles. The Bertz CT molecular complexity index is 398. The van der Waals surface area contributed by atoms with Crippen LogP contribution in [0.4, 0.5) is 4.79 Å². The van der Waals surface area contributed by atoms with E-state index in [0.29, 0.717) is 5.56 Å². The van der Waals surface area contributed by atoms with Crippen LogP contribution >= 0.6 is 34.8 Å². The van der Waals surface area contributed by atoms with E-state index in [2.05, 4.69) is 4.74 Å². The van der Waals surface area contributed by atoms with E-state index in [1.807, 2.05) is 19.1 Å². The summed E-state index contributed by atoms with van der Waals surface area (Å²) in [5.74, 6) is 0. The van der Waals surface area contributed by atoms with Crippen molar-refractivity contribution < 1.29 is 14.3 Å². The molecular weight excluding hydrogens is 298 g/mol. The number of hydrogen-bond donors (Lipinski definition) is 0. The van der Waals surface area contributed by atoms with Crippen LogP contribution in [0.5, 0.6) is 0 Å². The topological polar surface area (TPSA) is 35.5 Å². The second kappa shape index (κ2) is 6.50. The summed E-state index contributed by atoms with van der Waals surface area (Å²) in [5.41, 5.74) is 1.65. The Labute approximate surface area is 121 Å². The van der Waals surface area contributed by atoms with Gasteiger partial charge in [0.1, 0.15) is 0 Å². The lowest BCUT2D eigenvalue weighted by molar-refractivity contribution is 0.0267. The highest BCUT2D eigenvalue weighted by atomic mass is 35.6. The number of carbonyl (C=O) groups is 1. The van der Waals surface area contributed by atoms with Crippen molar-refractivity contribution >= 4 is 41.0 Å². The lowest BCUT2D eigenvalue weighted by atomic mass is 10.1. The Morgan fingerprint density at radius 3 is 2.28 bits per heavy atom. The maximum Gasteiger partial charge on any atom is 0.509 e. The van der Waals surface area contributed by atoms with Gasteiger partial charge in [-0.25, -0.2) is 4.79 Å². The van der Waals surface area contributed by atoms with Gasteiger partial charge in [-0.1, -0.05) is 64.6 Å². The number of hydrogen-bond acceptors (Lipinski definition) is 3. The Hall–Kier alpha value is -0.640. The van der Waals surface area contributed by atoms with Gasteiger partial charge in [-0.3, -0.25) is 0 Å². The average Bonchev–Trinajstić information content (AvgIpc) is 2.26. The van der Waals surface area contributed by atoms with Gasteiger partial charge in [0.15, 0.2) is 6.10 Å². The molecule has 0 saturated heterocycles. The summed E-state index contributed by atoms with van der Waals surface area (Å²) in [4.78, 5) is 11.3. The van der Waals surface area contributed by atoms with Crippen molar-refractivity contribution in [3.63, 3.8) is 0 Å². The fourth-order valence-electron chi connectivity index (χ4n) is 1.31. The molecule has 100 valence electrons. The zero-order valence-corrected chi connectivity index (χ0v) is 12.2. The molecular formula is C12H13Cl3O3. The largest absolute Gasteiger partial charge is 0.509 e. The minimum Gasteiger partial charge on any atom is -0.435 e. The van der Waals surface area contributed by atoms with Gasteiger partial charge < -0.3 is 9.47 Å². The van der Waals surface area contributed by atoms with Crippen molar-refractivity contribution in [1.82, 2.24) is 0 Å². The zero-order valence-electron chi connectivity index (χ0n) is 9.95. The first kappa shape index (κ1) is 15.4. The minimum absolute atomic E-state index is 0.194. The summed E-state index contributed by atoms with van der Waals surface area (Å²) in [6, 6.07) is 7.16. The summed E-state index contributed by atoms with van der Waals surface area (Å²) < 4.78 is 7.94. The molecule has 0 N–H and O–H groups in total. The Kier molecular flexibility index (Phi) is 5.57.